The fourth-order valence-corrected chi connectivity index (χ4v) is 5.69. The van der Waals surface area contributed by atoms with Crippen molar-refractivity contribution in [1.82, 2.24) is 20.2 Å². The van der Waals surface area contributed by atoms with Crippen molar-refractivity contribution in [2.75, 3.05) is 11.5 Å². The van der Waals surface area contributed by atoms with Gasteiger partial charge in [-0.2, -0.15) is 4.80 Å². The number of nitrogens with zero attached hydrogens (tertiary/aromatic N) is 4. The largest absolute Gasteiger partial charge is 0.427 e. The lowest BCUT2D eigenvalue weighted by Crippen LogP contribution is -2.10. The Morgan fingerprint density at radius 3 is 2.57 bits per heavy atom. The maximum absolute atomic E-state index is 12.1. The Morgan fingerprint density at radius 2 is 1.82 bits per heavy atom. The first-order chi connectivity index (χ1) is 13.8. The van der Waals surface area contributed by atoms with E-state index in [0.717, 1.165) is 5.56 Å². The maximum Gasteiger partial charge on any atom is 0.311 e. The number of thioether (sulfide) groups is 2. The number of carbonyl (C=O) groups excluding carboxylic acids is 1. The van der Waals surface area contributed by atoms with Gasteiger partial charge in [0.25, 0.3) is 0 Å². The van der Waals surface area contributed by atoms with E-state index in [1.807, 2.05) is 78.1 Å². The summed E-state index contributed by atoms with van der Waals surface area (Å²) in [7, 11) is 0. The third-order valence-corrected chi connectivity index (χ3v) is 7.33. The van der Waals surface area contributed by atoms with E-state index in [4.69, 9.17) is 4.74 Å². The van der Waals surface area contributed by atoms with Crippen molar-refractivity contribution in [1.29, 1.82) is 0 Å². The van der Waals surface area contributed by atoms with Crippen LogP contribution in [0.25, 0.3) is 11.4 Å². The lowest BCUT2D eigenvalue weighted by Gasteiger charge is -2.09. The normalized spacial score (nSPS) is 14.3. The minimum Gasteiger partial charge on any atom is -0.427 e. The van der Waals surface area contributed by atoms with Crippen LogP contribution in [-0.2, 0) is 11.3 Å². The van der Waals surface area contributed by atoms with Crippen LogP contribution < -0.4 is 4.74 Å². The molecule has 1 saturated heterocycles. The molecule has 8 heteroatoms. The molecule has 0 N–H and O–H groups in total. The number of benzene rings is 2. The predicted octanol–water partition coefficient (Wildman–Crippen LogP) is 4.20. The van der Waals surface area contributed by atoms with Gasteiger partial charge in [0.05, 0.1) is 11.1 Å². The molecule has 1 fully saturated rings. The number of tetrazole rings is 1. The molecule has 1 aliphatic heterocycles. The maximum atomic E-state index is 12.1. The van der Waals surface area contributed by atoms with Crippen LogP contribution in [0.3, 0.4) is 0 Å². The molecule has 2 aromatic carbocycles. The Kier molecular flexibility index (Phi) is 6.28. The molecule has 0 unspecified atom stereocenters. The van der Waals surface area contributed by atoms with Gasteiger partial charge in [0.2, 0.25) is 5.82 Å². The molecular formula is C20H20N4O2S2. The zero-order valence-electron chi connectivity index (χ0n) is 15.2. The average molecular weight is 413 g/mol. The van der Waals surface area contributed by atoms with E-state index in [1.54, 1.807) is 0 Å². The minimum absolute atomic E-state index is 0.249. The predicted molar refractivity (Wildman–Crippen MR) is 112 cm³/mol. The highest BCUT2D eigenvalue weighted by molar-refractivity contribution is 8.19. The number of esters is 1. The highest BCUT2D eigenvalue weighted by Crippen LogP contribution is 2.45. The number of rotatable bonds is 7. The molecule has 0 aliphatic carbocycles. The molecular weight excluding hydrogens is 392 g/mol. The van der Waals surface area contributed by atoms with Gasteiger partial charge in [-0.15, -0.1) is 33.7 Å². The number of hydrogen-bond donors (Lipinski definition) is 0. The first-order valence-corrected chi connectivity index (χ1v) is 11.2. The zero-order chi connectivity index (χ0) is 19.2. The number of aromatic nitrogens is 4. The number of carbonyl (C=O) groups is 1. The summed E-state index contributed by atoms with van der Waals surface area (Å²) in [6.45, 7) is 0.518. The molecule has 28 heavy (non-hydrogen) atoms. The van der Waals surface area contributed by atoms with Crippen LogP contribution in [-0.4, -0.2) is 37.7 Å². The summed E-state index contributed by atoms with van der Waals surface area (Å²) in [6, 6.07) is 17.5. The lowest BCUT2D eigenvalue weighted by molar-refractivity contribution is -0.134. The molecule has 2 heterocycles. The van der Waals surface area contributed by atoms with Gasteiger partial charge in [-0.1, -0.05) is 42.5 Å². The minimum atomic E-state index is -0.249. The quantitative estimate of drug-likeness (QED) is 0.425. The Morgan fingerprint density at radius 1 is 1.07 bits per heavy atom. The van der Waals surface area contributed by atoms with Crippen molar-refractivity contribution in [2.24, 2.45) is 0 Å². The molecule has 6 nitrogen and oxygen atoms in total. The summed E-state index contributed by atoms with van der Waals surface area (Å²) in [5, 5.41) is 12.4. The summed E-state index contributed by atoms with van der Waals surface area (Å²) >= 11 is 3.92. The Labute approximate surface area is 172 Å². The van der Waals surface area contributed by atoms with Crippen molar-refractivity contribution in [2.45, 2.75) is 24.0 Å². The summed E-state index contributed by atoms with van der Waals surface area (Å²) in [5.41, 5.74) is 2.20. The van der Waals surface area contributed by atoms with Crippen LogP contribution in [0.1, 0.15) is 23.0 Å². The highest BCUT2D eigenvalue weighted by Gasteiger charge is 2.18. The molecule has 0 radical (unpaired) electrons. The molecule has 0 saturated carbocycles. The van der Waals surface area contributed by atoms with E-state index >= 15 is 0 Å². The van der Waals surface area contributed by atoms with Gasteiger partial charge in [-0.25, -0.2) is 0 Å². The van der Waals surface area contributed by atoms with Crippen molar-refractivity contribution in [3.63, 3.8) is 0 Å². The van der Waals surface area contributed by atoms with Crippen LogP contribution in [0.2, 0.25) is 0 Å². The second kappa shape index (κ2) is 9.25. The number of ether oxygens (including phenoxy) is 1. The van der Waals surface area contributed by atoms with Crippen molar-refractivity contribution >= 4 is 29.5 Å². The SMILES string of the molecule is O=C(CCCn1nnc(-c2ccccc2)n1)Oc1ccc(C2SCCS2)cc1. The van der Waals surface area contributed by atoms with E-state index in [1.165, 1.54) is 21.9 Å². The van der Waals surface area contributed by atoms with Crippen LogP contribution in [0, 0.1) is 0 Å². The molecule has 3 aromatic rings. The van der Waals surface area contributed by atoms with Gasteiger partial charge >= 0.3 is 5.97 Å². The van der Waals surface area contributed by atoms with E-state index in [9.17, 15) is 4.79 Å². The van der Waals surface area contributed by atoms with E-state index in [2.05, 4.69) is 15.4 Å². The van der Waals surface area contributed by atoms with Gasteiger partial charge in [0, 0.05) is 23.5 Å². The topological polar surface area (TPSA) is 69.9 Å². The fraction of sp³-hybridized carbons (Fsp3) is 0.300. The summed E-state index contributed by atoms with van der Waals surface area (Å²) < 4.78 is 5.93. The third kappa shape index (κ3) is 4.94. The van der Waals surface area contributed by atoms with Gasteiger partial charge < -0.3 is 4.74 Å². The molecule has 4 rings (SSSR count). The standard InChI is InChI=1S/C20H20N4O2S2/c25-18(26-17-10-8-16(9-11-17)20-27-13-14-28-20)7-4-12-24-22-19(21-23-24)15-5-2-1-3-6-15/h1-3,5-6,8-11,20H,4,7,12-14H2. The van der Waals surface area contributed by atoms with Crippen molar-refractivity contribution in [3.05, 3.63) is 60.2 Å². The number of aryl methyl sites for hydroxylation is 1. The van der Waals surface area contributed by atoms with Crippen LogP contribution in [0.5, 0.6) is 5.75 Å². The fourth-order valence-electron chi connectivity index (χ4n) is 2.83. The van der Waals surface area contributed by atoms with Gasteiger partial charge in [-0.05, 0) is 29.3 Å². The first kappa shape index (κ1) is 19.0. The van der Waals surface area contributed by atoms with Crippen molar-refractivity contribution < 1.29 is 9.53 Å². The molecule has 0 amide bonds. The summed E-state index contributed by atoms with van der Waals surface area (Å²) in [5.74, 6) is 3.31. The molecule has 1 aromatic heterocycles. The second-order valence-corrected chi connectivity index (χ2v) is 9.02. The molecule has 0 bridgehead atoms. The Hall–Kier alpha value is -2.32. The van der Waals surface area contributed by atoms with E-state index < -0.39 is 0 Å². The van der Waals surface area contributed by atoms with E-state index in [0.29, 0.717) is 35.5 Å². The highest BCUT2D eigenvalue weighted by atomic mass is 32.2. The third-order valence-electron chi connectivity index (χ3n) is 4.23. The molecule has 1 aliphatic rings. The number of hydrogen-bond acceptors (Lipinski definition) is 7. The van der Waals surface area contributed by atoms with Crippen molar-refractivity contribution in [3.8, 4) is 17.1 Å². The van der Waals surface area contributed by atoms with Crippen LogP contribution >= 0.6 is 23.5 Å². The van der Waals surface area contributed by atoms with Gasteiger partial charge in [0.15, 0.2) is 0 Å². The van der Waals surface area contributed by atoms with Crippen LogP contribution in [0.4, 0.5) is 0 Å². The average Bonchev–Trinajstić information content (AvgIpc) is 3.42. The Balaban J connectivity index is 1.23. The second-order valence-electron chi connectivity index (χ2n) is 6.30. The lowest BCUT2D eigenvalue weighted by atomic mass is 10.2. The molecule has 0 spiro atoms. The zero-order valence-corrected chi connectivity index (χ0v) is 16.9. The monoisotopic (exact) mass is 412 g/mol. The smallest absolute Gasteiger partial charge is 0.311 e. The van der Waals surface area contributed by atoms with E-state index in [-0.39, 0.29) is 5.97 Å². The Bertz CT molecular complexity index is 909. The van der Waals surface area contributed by atoms with Gasteiger partial charge in [-0.3, -0.25) is 4.79 Å². The van der Waals surface area contributed by atoms with Crippen LogP contribution in [0.15, 0.2) is 54.6 Å². The molecule has 144 valence electrons. The summed E-state index contributed by atoms with van der Waals surface area (Å²) in [4.78, 5) is 13.6. The molecule has 0 atom stereocenters. The van der Waals surface area contributed by atoms with Gasteiger partial charge in [0.1, 0.15) is 5.75 Å². The summed E-state index contributed by atoms with van der Waals surface area (Å²) in [6.07, 6.45) is 0.898. The first-order valence-electron chi connectivity index (χ1n) is 9.15.